The van der Waals surface area contributed by atoms with Crippen molar-refractivity contribution in [3.63, 3.8) is 0 Å². The molecule has 1 radical (unpaired) electrons. The first-order chi connectivity index (χ1) is 4.33. The van der Waals surface area contributed by atoms with Crippen LogP contribution in [-0.4, -0.2) is 0 Å². The van der Waals surface area contributed by atoms with E-state index in [1.54, 1.807) is 0 Å². The lowest BCUT2D eigenvalue weighted by molar-refractivity contribution is 0.177. The van der Waals surface area contributed by atoms with Crippen LogP contribution in [0.25, 0.3) is 0 Å². The molecule has 0 fully saturated rings. The first-order valence-electron chi connectivity index (χ1n) is 2.65. The summed E-state index contributed by atoms with van der Waals surface area (Å²) in [5.74, 6) is 0. The molecule has 0 bridgehead atoms. The molecule has 0 aromatic heterocycles. The molecule has 1 aromatic rings. The second kappa shape index (κ2) is 3.17. The molecule has 1 nitrogen and oxygen atoms in total. The minimum atomic E-state index is -0.114. The minimum absolute atomic E-state index is 0.114. The van der Waals surface area contributed by atoms with Gasteiger partial charge in [-0.15, -0.1) is 0 Å². The van der Waals surface area contributed by atoms with Crippen LogP contribution in [0.3, 0.4) is 0 Å². The molecule has 0 N–H and O–H groups in total. The number of hydrogen-bond acceptors (Lipinski definition) is 0. The number of rotatable bonds is 1. The van der Waals surface area contributed by atoms with Crippen molar-refractivity contribution in [2.45, 2.75) is 6.61 Å². The molecule has 47 valence electrons. The van der Waals surface area contributed by atoms with Crippen molar-refractivity contribution in [1.82, 2.24) is 0 Å². The van der Waals surface area contributed by atoms with E-state index in [4.69, 9.17) is 0 Å². The highest BCUT2D eigenvalue weighted by molar-refractivity contribution is 14.1. The Balaban J connectivity index is 2.88. The summed E-state index contributed by atoms with van der Waals surface area (Å²) >= 11 is 2.21. The van der Waals surface area contributed by atoms with Gasteiger partial charge >= 0.3 is 0 Å². The lowest BCUT2D eigenvalue weighted by atomic mass is 10.2. The molecular weight excluding hydrogens is 227 g/mol. The Morgan fingerprint density at radius 3 is 2.22 bits per heavy atom. The third kappa shape index (κ3) is 1.95. The van der Waals surface area contributed by atoms with E-state index in [9.17, 15) is 5.11 Å². The SMILES string of the molecule is [O]Cc1ccc(I)cc1. The average molecular weight is 233 g/mol. The Labute approximate surface area is 67.9 Å². The zero-order valence-corrected chi connectivity index (χ0v) is 6.96. The van der Waals surface area contributed by atoms with Crippen molar-refractivity contribution in [1.29, 1.82) is 0 Å². The summed E-state index contributed by atoms with van der Waals surface area (Å²) in [4.78, 5) is 0. The topological polar surface area (TPSA) is 19.9 Å². The van der Waals surface area contributed by atoms with Crippen LogP contribution >= 0.6 is 22.6 Å². The maximum absolute atomic E-state index is 10.2. The zero-order valence-electron chi connectivity index (χ0n) is 4.80. The fourth-order valence-corrected chi connectivity index (χ4v) is 0.940. The molecule has 0 heterocycles. The molecule has 1 aromatic carbocycles. The van der Waals surface area contributed by atoms with Gasteiger partial charge in [-0.2, -0.15) is 0 Å². The molecule has 0 unspecified atom stereocenters. The van der Waals surface area contributed by atoms with Gasteiger partial charge < -0.3 is 0 Å². The van der Waals surface area contributed by atoms with Crippen molar-refractivity contribution in [3.8, 4) is 0 Å². The molecule has 0 aliphatic carbocycles. The Hall–Kier alpha value is -0.0900. The van der Waals surface area contributed by atoms with E-state index in [0.717, 1.165) is 5.56 Å². The predicted octanol–water partition coefficient (Wildman–Crippen LogP) is 2.22. The van der Waals surface area contributed by atoms with Gasteiger partial charge in [-0.05, 0) is 40.3 Å². The summed E-state index contributed by atoms with van der Waals surface area (Å²) in [6.07, 6.45) is 0. The van der Waals surface area contributed by atoms with Gasteiger partial charge in [0.25, 0.3) is 0 Å². The van der Waals surface area contributed by atoms with Crippen LogP contribution in [0.15, 0.2) is 24.3 Å². The smallest absolute Gasteiger partial charge is 0.107 e. The fraction of sp³-hybridized carbons (Fsp3) is 0.143. The standard InChI is InChI=1S/C7H6IO/c8-7-3-1-6(5-9)2-4-7/h1-4H,5H2. The van der Waals surface area contributed by atoms with E-state index in [2.05, 4.69) is 22.6 Å². The second-order valence-electron chi connectivity index (χ2n) is 1.77. The quantitative estimate of drug-likeness (QED) is 0.663. The van der Waals surface area contributed by atoms with Gasteiger partial charge in [0.15, 0.2) is 0 Å². The highest BCUT2D eigenvalue weighted by Gasteiger charge is 1.87. The largest absolute Gasteiger partial charge is 0.232 e. The average Bonchev–Trinajstić information content (AvgIpc) is 1.90. The molecule has 0 aliphatic heterocycles. The third-order valence-electron chi connectivity index (χ3n) is 1.08. The summed E-state index contributed by atoms with van der Waals surface area (Å²) in [6, 6.07) is 7.59. The van der Waals surface area contributed by atoms with Gasteiger partial charge in [-0.3, -0.25) is 0 Å². The van der Waals surface area contributed by atoms with Crippen LogP contribution in [0, 0.1) is 3.57 Å². The lowest BCUT2D eigenvalue weighted by Crippen LogP contribution is -1.79. The van der Waals surface area contributed by atoms with Gasteiger partial charge in [0.1, 0.15) is 6.61 Å². The monoisotopic (exact) mass is 233 g/mol. The van der Waals surface area contributed by atoms with E-state index < -0.39 is 0 Å². The Morgan fingerprint density at radius 1 is 1.22 bits per heavy atom. The molecule has 0 saturated heterocycles. The van der Waals surface area contributed by atoms with Gasteiger partial charge in [0, 0.05) is 3.57 Å². The Bertz CT molecular complexity index is 181. The second-order valence-corrected chi connectivity index (χ2v) is 3.02. The normalized spacial score (nSPS) is 9.56. The zero-order chi connectivity index (χ0) is 6.69. The molecule has 9 heavy (non-hydrogen) atoms. The van der Waals surface area contributed by atoms with Crippen molar-refractivity contribution >= 4 is 22.6 Å². The molecule has 0 saturated carbocycles. The van der Waals surface area contributed by atoms with E-state index >= 15 is 0 Å². The van der Waals surface area contributed by atoms with E-state index in [-0.39, 0.29) is 6.61 Å². The first-order valence-corrected chi connectivity index (χ1v) is 3.73. The van der Waals surface area contributed by atoms with Crippen molar-refractivity contribution in [2.75, 3.05) is 0 Å². The summed E-state index contributed by atoms with van der Waals surface area (Å²) in [7, 11) is 0. The number of benzene rings is 1. The van der Waals surface area contributed by atoms with Crippen molar-refractivity contribution in [2.24, 2.45) is 0 Å². The highest BCUT2D eigenvalue weighted by Crippen LogP contribution is 2.05. The predicted molar refractivity (Wildman–Crippen MR) is 43.5 cm³/mol. The molecule has 0 amide bonds. The van der Waals surface area contributed by atoms with E-state index in [0.29, 0.717) is 0 Å². The summed E-state index contributed by atoms with van der Waals surface area (Å²) in [5.41, 5.74) is 0.857. The number of halogens is 1. The van der Waals surface area contributed by atoms with Crippen LogP contribution < -0.4 is 0 Å². The highest BCUT2D eigenvalue weighted by atomic mass is 127. The lowest BCUT2D eigenvalue weighted by Gasteiger charge is -1.91. The van der Waals surface area contributed by atoms with E-state index in [1.807, 2.05) is 24.3 Å². The van der Waals surface area contributed by atoms with Gasteiger partial charge in [-0.25, -0.2) is 5.11 Å². The maximum Gasteiger partial charge on any atom is 0.107 e. The van der Waals surface area contributed by atoms with Crippen molar-refractivity contribution < 1.29 is 5.11 Å². The first kappa shape index (κ1) is 7.02. The molecule has 0 spiro atoms. The molecule has 0 aliphatic rings. The van der Waals surface area contributed by atoms with Crippen LogP contribution in [0.5, 0.6) is 0 Å². The molecule has 1 rings (SSSR count). The number of hydrogen-bond donors (Lipinski definition) is 0. The fourth-order valence-electron chi connectivity index (χ4n) is 0.581. The van der Waals surface area contributed by atoms with E-state index in [1.165, 1.54) is 3.57 Å². The maximum atomic E-state index is 10.2. The van der Waals surface area contributed by atoms with Crippen molar-refractivity contribution in [3.05, 3.63) is 33.4 Å². The van der Waals surface area contributed by atoms with Gasteiger partial charge in [0.2, 0.25) is 0 Å². The van der Waals surface area contributed by atoms with Gasteiger partial charge in [0.05, 0.1) is 0 Å². The molecule has 2 heteroatoms. The Kier molecular flexibility index (Phi) is 2.48. The summed E-state index contributed by atoms with van der Waals surface area (Å²) in [6.45, 7) is -0.114. The third-order valence-corrected chi connectivity index (χ3v) is 1.80. The minimum Gasteiger partial charge on any atom is -0.232 e. The van der Waals surface area contributed by atoms with Gasteiger partial charge in [-0.1, -0.05) is 12.1 Å². The van der Waals surface area contributed by atoms with Crippen LogP contribution in [0.4, 0.5) is 0 Å². The van der Waals surface area contributed by atoms with Crippen LogP contribution in [-0.2, 0) is 11.7 Å². The van der Waals surface area contributed by atoms with Crippen LogP contribution in [0.1, 0.15) is 5.56 Å². The molecule has 0 atom stereocenters. The van der Waals surface area contributed by atoms with Crippen LogP contribution in [0.2, 0.25) is 0 Å². The summed E-state index contributed by atoms with van der Waals surface area (Å²) in [5, 5.41) is 10.2. The summed E-state index contributed by atoms with van der Waals surface area (Å²) < 4.78 is 1.17. The molecular formula is C7H6IO. The Morgan fingerprint density at radius 2 is 1.78 bits per heavy atom.